The van der Waals surface area contributed by atoms with Crippen LogP contribution in [0.25, 0.3) is 10.9 Å². The molecule has 2 aliphatic heterocycles. The third-order valence-corrected chi connectivity index (χ3v) is 7.12. The predicted octanol–water partition coefficient (Wildman–Crippen LogP) is 3.53. The van der Waals surface area contributed by atoms with Gasteiger partial charge in [-0.25, -0.2) is 4.39 Å². The van der Waals surface area contributed by atoms with Crippen LogP contribution >= 0.6 is 0 Å². The van der Waals surface area contributed by atoms with Crippen LogP contribution in [0.4, 0.5) is 15.8 Å². The van der Waals surface area contributed by atoms with E-state index in [1.165, 1.54) is 19.1 Å². The summed E-state index contributed by atoms with van der Waals surface area (Å²) in [5.41, 5.74) is 2.80. The molecule has 2 fully saturated rings. The van der Waals surface area contributed by atoms with Crippen LogP contribution in [0.1, 0.15) is 30.1 Å². The summed E-state index contributed by atoms with van der Waals surface area (Å²) in [5.74, 6) is -0.693. The monoisotopic (exact) mass is 503 g/mol. The molecule has 8 nitrogen and oxygen atoms in total. The smallest absolute Gasteiger partial charge is 0.253 e. The minimum absolute atomic E-state index is 0.0970. The number of hydrogen-bond acceptors (Lipinski definition) is 5. The summed E-state index contributed by atoms with van der Waals surface area (Å²) in [5, 5.41) is 3.60. The van der Waals surface area contributed by atoms with Crippen molar-refractivity contribution >= 4 is 40.0 Å². The number of benzene rings is 2. The number of piperazine rings is 1. The Labute approximate surface area is 215 Å². The highest BCUT2D eigenvalue weighted by atomic mass is 19.1. The summed E-state index contributed by atoms with van der Waals surface area (Å²) in [6.07, 6.45) is 3.24. The maximum Gasteiger partial charge on any atom is 0.253 e. The standard InChI is InChI=1S/C28H30FN5O3/c1-19(35)31-23-7-4-20(5-8-23)27(36)34-12-2-3-21(18-34)28(37)33-15-13-32(14-16-33)26-10-11-30-25-17-22(29)6-9-24(25)26/h4-11,17,21H,2-3,12-16,18H2,1H3,(H,31,35). The van der Waals surface area contributed by atoms with Crippen LogP contribution in [-0.2, 0) is 9.59 Å². The van der Waals surface area contributed by atoms with Crippen LogP contribution in [0.3, 0.4) is 0 Å². The Morgan fingerprint density at radius 3 is 2.43 bits per heavy atom. The molecule has 9 heteroatoms. The second-order valence-corrected chi connectivity index (χ2v) is 9.65. The van der Waals surface area contributed by atoms with Gasteiger partial charge in [-0.2, -0.15) is 0 Å². The molecule has 3 heterocycles. The average molecular weight is 504 g/mol. The number of pyridine rings is 1. The second-order valence-electron chi connectivity index (χ2n) is 9.65. The zero-order valence-electron chi connectivity index (χ0n) is 20.8. The van der Waals surface area contributed by atoms with Crippen LogP contribution < -0.4 is 10.2 Å². The normalized spacial score (nSPS) is 18.1. The lowest BCUT2D eigenvalue weighted by Crippen LogP contribution is -2.53. The Balaban J connectivity index is 1.19. The number of piperidine rings is 1. The van der Waals surface area contributed by atoms with Crippen molar-refractivity contribution in [2.75, 3.05) is 49.5 Å². The molecule has 1 N–H and O–H groups in total. The number of anilines is 2. The van der Waals surface area contributed by atoms with Crippen molar-refractivity contribution < 1.29 is 18.8 Å². The number of aromatic nitrogens is 1. The van der Waals surface area contributed by atoms with Gasteiger partial charge in [0.2, 0.25) is 11.8 Å². The van der Waals surface area contributed by atoms with Gasteiger partial charge in [-0.3, -0.25) is 19.4 Å². The van der Waals surface area contributed by atoms with Gasteiger partial charge in [0.25, 0.3) is 5.91 Å². The van der Waals surface area contributed by atoms with Crippen LogP contribution in [0.15, 0.2) is 54.7 Å². The summed E-state index contributed by atoms with van der Waals surface area (Å²) < 4.78 is 13.6. The highest BCUT2D eigenvalue weighted by molar-refractivity contribution is 5.96. The van der Waals surface area contributed by atoms with Crippen molar-refractivity contribution in [1.82, 2.24) is 14.8 Å². The van der Waals surface area contributed by atoms with Gasteiger partial charge in [-0.15, -0.1) is 0 Å². The quantitative estimate of drug-likeness (QED) is 0.589. The Morgan fingerprint density at radius 1 is 0.946 bits per heavy atom. The second kappa shape index (κ2) is 10.5. The molecule has 3 amide bonds. The fourth-order valence-corrected chi connectivity index (χ4v) is 5.25. The Kier molecular flexibility index (Phi) is 7.03. The lowest BCUT2D eigenvalue weighted by molar-refractivity contribution is -0.137. The average Bonchev–Trinajstić information content (AvgIpc) is 2.92. The van der Waals surface area contributed by atoms with E-state index < -0.39 is 0 Å². The lowest BCUT2D eigenvalue weighted by Gasteiger charge is -2.40. The number of fused-ring (bicyclic) bond motifs is 1. The molecule has 0 aliphatic carbocycles. The molecule has 1 atom stereocenters. The first kappa shape index (κ1) is 24.7. The Bertz CT molecular complexity index is 1320. The Hall–Kier alpha value is -4.01. The summed E-state index contributed by atoms with van der Waals surface area (Å²) in [6.45, 7) is 5.02. The summed E-state index contributed by atoms with van der Waals surface area (Å²) in [7, 11) is 0. The number of carbonyl (C=O) groups excluding carboxylic acids is 3. The molecule has 1 aromatic heterocycles. The maximum atomic E-state index is 13.6. The molecule has 37 heavy (non-hydrogen) atoms. The van der Waals surface area contributed by atoms with E-state index >= 15 is 0 Å². The third-order valence-electron chi connectivity index (χ3n) is 7.12. The van der Waals surface area contributed by atoms with E-state index in [1.54, 1.807) is 41.4 Å². The van der Waals surface area contributed by atoms with Crippen LogP contribution in [0.2, 0.25) is 0 Å². The summed E-state index contributed by atoms with van der Waals surface area (Å²) in [4.78, 5) is 47.8. The van der Waals surface area contributed by atoms with Gasteiger partial charge >= 0.3 is 0 Å². The minimum atomic E-state index is -0.311. The molecule has 0 saturated carbocycles. The first-order valence-corrected chi connectivity index (χ1v) is 12.6. The number of nitrogens with zero attached hydrogens (tertiary/aromatic N) is 4. The first-order chi connectivity index (χ1) is 17.9. The number of likely N-dealkylation sites (tertiary alicyclic amines) is 1. The Morgan fingerprint density at radius 2 is 1.70 bits per heavy atom. The van der Waals surface area contributed by atoms with Gasteiger partial charge in [-0.1, -0.05) is 0 Å². The fourth-order valence-electron chi connectivity index (χ4n) is 5.25. The number of rotatable bonds is 4. The number of halogens is 1. The highest BCUT2D eigenvalue weighted by Crippen LogP contribution is 2.28. The zero-order valence-corrected chi connectivity index (χ0v) is 20.8. The zero-order chi connectivity index (χ0) is 25.9. The summed E-state index contributed by atoms with van der Waals surface area (Å²) in [6, 6.07) is 13.4. The van der Waals surface area contributed by atoms with Gasteiger partial charge in [0.1, 0.15) is 5.82 Å². The molecular formula is C28H30FN5O3. The SMILES string of the molecule is CC(=O)Nc1ccc(C(=O)N2CCCC(C(=O)N3CCN(c4ccnc5cc(F)ccc45)CC3)C2)cc1. The summed E-state index contributed by atoms with van der Waals surface area (Å²) >= 11 is 0. The number of nitrogens with one attached hydrogen (secondary N) is 1. The van der Waals surface area contributed by atoms with E-state index in [0.29, 0.717) is 56.0 Å². The van der Waals surface area contributed by atoms with Crippen LogP contribution in [0.5, 0.6) is 0 Å². The third kappa shape index (κ3) is 5.40. The molecule has 0 radical (unpaired) electrons. The fraction of sp³-hybridized carbons (Fsp3) is 0.357. The van der Waals surface area contributed by atoms with E-state index in [0.717, 1.165) is 23.9 Å². The van der Waals surface area contributed by atoms with Gasteiger partial charge in [0.15, 0.2) is 0 Å². The molecule has 3 aromatic rings. The highest BCUT2D eigenvalue weighted by Gasteiger charge is 2.33. The molecule has 2 saturated heterocycles. The molecule has 5 rings (SSSR count). The molecule has 0 spiro atoms. The first-order valence-electron chi connectivity index (χ1n) is 12.6. The number of carbonyl (C=O) groups is 3. The van der Waals surface area contributed by atoms with Crippen molar-refractivity contribution in [3.63, 3.8) is 0 Å². The van der Waals surface area contributed by atoms with Gasteiger partial charge < -0.3 is 20.0 Å². The van der Waals surface area contributed by atoms with Crippen molar-refractivity contribution in [1.29, 1.82) is 0 Å². The van der Waals surface area contributed by atoms with Crippen molar-refractivity contribution in [3.8, 4) is 0 Å². The molecule has 2 aliphatic rings. The lowest BCUT2D eigenvalue weighted by atomic mass is 9.95. The van der Waals surface area contributed by atoms with E-state index in [1.807, 2.05) is 11.0 Å². The van der Waals surface area contributed by atoms with E-state index in [9.17, 15) is 18.8 Å². The topological polar surface area (TPSA) is 85.8 Å². The molecular weight excluding hydrogens is 473 g/mol. The minimum Gasteiger partial charge on any atom is -0.367 e. The van der Waals surface area contributed by atoms with Gasteiger partial charge in [-0.05, 0) is 55.3 Å². The number of amides is 3. The van der Waals surface area contributed by atoms with Gasteiger partial charge in [0, 0.05) is 80.8 Å². The van der Waals surface area contributed by atoms with Crippen molar-refractivity contribution in [2.24, 2.45) is 5.92 Å². The largest absolute Gasteiger partial charge is 0.367 e. The van der Waals surface area contributed by atoms with E-state index in [2.05, 4.69) is 15.2 Å². The molecule has 2 aromatic carbocycles. The van der Waals surface area contributed by atoms with Crippen molar-refractivity contribution in [2.45, 2.75) is 19.8 Å². The predicted molar refractivity (Wildman–Crippen MR) is 140 cm³/mol. The molecule has 0 bridgehead atoms. The van der Waals surface area contributed by atoms with E-state index in [-0.39, 0.29) is 29.5 Å². The van der Waals surface area contributed by atoms with Gasteiger partial charge in [0.05, 0.1) is 11.4 Å². The number of hydrogen-bond donors (Lipinski definition) is 1. The molecule has 1 unspecified atom stereocenters. The van der Waals surface area contributed by atoms with Crippen molar-refractivity contribution in [3.05, 3.63) is 66.1 Å². The van der Waals surface area contributed by atoms with Crippen LogP contribution in [0, 0.1) is 11.7 Å². The van der Waals surface area contributed by atoms with Crippen LogP contribution in [-0.4, -0.2) is 71.8 Å². The maximum absolute atomic E-state index is 13.6. The van der Waals surface area contributed by atoms with E-state index in [4.69, 9.17) is 0 Å². The molecule has 192 valence electrons.